The second kappa shape index (κ2) is 7.86. The molecule has 3 aromatic rings. The Labute approximate surface area is 175 Å². The van der Waals surface area contributed by atoms with Crippen LogP contribution < -0.4 is 15.0 Å². The number of carbonyl (C=O) groups excluding carboxylic acids is 1. The third-order valence-corrected chi connectivity index (χ3v) is 5.82. The summed E-state index contributed by atoms with van der Waals surface area (Å²) in [6.45, 7) is 4.38. The molecular weight excluding hydrogens is 380 g/mol. The Morgan fingerprint density at radius 1 is 1.10 bits per heavy atom. The van der Waals surface area contributed by atoms with Crippen molar-refractivity contribution in [1.29, 1.82) is 0 Å². The van der Waals surface area contributed by atoms with E-state index in [0.717, 1.165) is 27.6 Å². The van der Waals surface area contributed by atoms with E-state index in [9.17, 15) is 9.59 Å². The van der Waals surface area contributed by atoms with Crippen molar-refractivity contribution in [1.82, 2.24) is 9.88 Å². The van der Waals surface area contributed by atoms with Gasteiger partial charge < -0.3 is 19.4 Å². The standard InChI is InChI=1S/C24H26N2O4/c1-5-22(27)26-9-8-15-12-20(29-3)21(30-4)13-17(15)23(26)18-11-16-7-6-14(2)10-19(16)25-24(18)28/h6-7,10-13,23H,5,8-9H2,1-4H3,(H,25,28)/t23-/m0/s1. The normalized spacial score (nSPS) is 15.7. The van der Waals surface area contributed by atoms with Crippen LogP contribution in [0.4, 0.5) is 0 Å². The molecule has 1 aliphatic rings. The van der Waals surface area contributed by atoms with Crippen molar-refractivity contribution in [2.75, 3.05) is 20.8 Å². The first-order valence-electron chi connectivity index (χ1n) is 10.1. The summed E-state index contributed by atoms with van der Waals surface area (Å²) < 4.78 is 11.0. The molecule has 0 fully saturated rings. The lowest BCUT2D eigenvalue weighted by atomic mass is 9.87. The van der Waals surface area contributed by atoms with Crippen LogP contribution in [-0.2, 0) is 11.2 Å². The van der Waals surface area contributed by atoms with Gasteiger partial charge in [-0.3, -0.25) is 9.59 Å². The number of aryl methyl sites for hydroxylation is 1. The highest BCUT2D eigenvalue weighted by Crippen LogP contribution is 2.40. The Hall–Kier alpha value is -3.28. The molecule has 1 aliphatic heterocycles. The number of amides is 1. The molecule has 0 spiro atoms. The highest BCUT2D eigenvalue weighted by atomic mass is 16.5. The fourth-order valence-electron chi connectivity index (χ4n) is 4.29. The van der Waals surface area contributed by atoms with E-state index in [4.69, 9.17) is 9.47 Å². The number of pyridine rings is 1. The average molecular weight is 406 g/mol. The Balaban J connectivity index is 1.96. The topological polar surface area (TPSA) is 71.6 Å². The van der Waals surface area contributed by atoms with Gasteiger partial charge in [0.2, 0.25) is 5.91 Å². The Bertz CT molecular complexity index is 1180. The van der Waals surface area contributed by atoms with E-state index in [1.54, 1.807) is 19.1 Å². The number of aromatic amines is 1. The maximum atomic E-state index is 13.1. The van der Waals surface area contributed by atoms with Gasteiger partial charge in [0, 0.05) is 24.0 Å². The molecule has 0 saturated carbocycles. The largest absolute Gasteiger partial charge is 0.493 e. The van der Waals surface area contributed by atoms with Crippen molar-refractivity contribution in [3.05, 3.63) is 69.0 Å². The van der Waals surface area contributed by atoms with Gasteiger partial charge in [-0.05, 0) is 59.7 Å². The summed E-state index contributed by atoms with van der Waals surface area (Å²) in [7, 11) is 3.19. The Morgan fingerprint density at radius 3 is 2.53 bits per heavy atom. The minimum atomic E-state index is -0.476. The molecule has 0 unspecified atom stereocenters. The lowest BCUT2D eigenvalue weighted by molar-refractivity contribution is -0.132. The zero-order valence-corrected chi connectivity index (χ0v) is 17.7. The van der Waals surface area contributed by atoms with Crippen molar-refractivity contribution in [3.8, 4) is 11.5 Å². The number of carbonyl (C=O) groups is 1. The molecule has 0 bridgehead atoms. The molecule has 6 heteroatoms. The maximum absolute atomic E-state index is 13.1. The number of hydrogen-bond acceptors (Lipinski definition) is 4. The number of hydrogen-bond donors (Lipinski definition) is 1. The summed E-state index contributed by atoms with van der Waals surface area (Å²) in [5.74, 6) is 1.25. The van der Waals surface area contributed by atoms with Crippen LogP contribution in [0.15, 0.2) is 41.2 Å². The molecule has 0 aliphatic carbocycles. The number of fused-ring (bicyclic) bond motifs is 2. The molecule has 6 nitrogen and oxygen atoms in total. The van der Waals surface area contributed by atoms with Crippen LogP contribution in [0.1, 0.15) is 41.6 Å². The van der Waals surface area contributed by atoms with Gasteiger partial charge in [-0.15, -0.1) is 0 Å². The van der Waals surface area contributed by atoms with Crippen LogP contribution in [0, 0.1) is 6.92 Å². The lowest BCUT2D eigenvalue weighted by Crippen LogP contribution is -2.42. The molecule has 1 amide bonds. The van der Waals surface area contributed by atoms with E-state index in [0.29, 0.717) is 36.4 Å². The molecule has 4 rings (SSSR count). The summed E-state index contributed by atoms with van der Waals surface area (Å²) in [6, 6.07) is 11.2. The van der Waals surface area contributed by atoms with Crippen LogP contribution in [0.5, 0.6) is 11.5 Å². The fraction of sp³-hybridized carbons (Fsp3) is 0.333. The number of benzene rings is 2. The molecule has 2 aromatic carbocycles. The molecule has 0 radical (unpaired) electrons. The molecule has 1 atom stereocenters. The van der Waals surface area contributed by atoms with Crippen molar-refractivity contribution >= 4 is 16.8 Å². The van der Waals surface area contributed by atoms with E-state index in [-0.39, 0.29) is 11.5 Å². The lowest BCUT2D eigenvalue weighted by Gasteiger charge is -2.37. The third kappa shape index (κ3) is 3.32. The summed E-state index contributed by atoms with van der Waals surface area (Å²) in [4.78, 5) is 30.8. The van der Waals surface area contributed by atoms with Gasteiger partial charge in [-0.25, -0.2) is 0 Å². The quantitative estimate of drug-likeness (QED) is 0.717. The zero-order chi connectivity index (χ0) is 21.4. The van der Waals surface area contributed by atoms with Crippen molar-refractivity contribution in [3.63, 3.8) is 0 Å². The third-order valence-electron chi connectivity index (χ3n) is 5.82. The van der Waals surface area contributed by atoms with Gasteiger partial charge in [0.05, 0.1) is 20.3 Å². The predicted molar refractivity (Wildman–Crippen MR) is 116 cm³/mol. The van der Waals surface area contributed by atoms with E-state index >= 15 is 0 Å². The highest BCUT2D eigenvalue weighted by molar-refractivity contribution is 5.81. The highest BCUT2D eigenvalue weighted by Gasteiger charge is 2.34. The summed E-state index contributed by atoms with van der Waals surface area (Å²) >= 11 is 0. The van der Waals surface area contributed by atoms with E-state index in [1.807, 2.05) is 50.2 Å². The Morgan fingerprint density at radius 2 is 1.83 bits per heavy atom. The molecule has 2 heterocycles. The van der Waals surface area contributed by atoms with Gasteiger partial charge in [0.25, 0.3) is 5.56 Å². The van der Waals surface area contributed by atoms with Gasteiger partial charge in [0.15, 0.2) is 11.5 Å². The minimum Gasteiger partial charge on any atom is -0.493 e. The summed E-state index contributed by atoms with van der Waals surface area (Å²) in [6.07, 6.45) is 1.08. The monoisotopic (exact) mass is 406 g/mol. The van der Waals surface area contributed by atoms with Crippen LogP contribution in [0.3, 0.4) is 0 Å². The Kier molecular flexibility index (Phi) is 5.24. The molecule has 156 valence electrons. The second-order valence-electron chi connectivity index (χ2n) is 7.64. The average Bonchev–Trinajstić information content (AvgIpc) is 2.76. The summed E-state index contributed by atoms with van der Waals surface area (Å²) in [5, 5.41) is 0.937. The number of methoxy groups -OCH3 is 2. The van der Waals surface area contributed by atoms with Gasteiger partial charge in [-0.2, -0.15) is 0 Å². The van der Waals surface area contributed by atoms with E-state index in [1.165, 1.54) is 0 Å². The first kappa shape index (κ1) is 20.0. The fourth-order valence-corrected chi connectivity index (χ4v) is 4.29. The predicted octanol–water partition coefficient (Wildman–Crippen LogP) is 3.74. The van der Waals surface area contributed by atoms with E-state index in [2.05, 4.69) is 4.98 Å². The minimum absolute atomic E-state index is 0.0174. The second-order valence-corrected chi connectivity index (χ2v) is 7.64. The number of rotatable bonds is 4. The number of H-pyrrole nitrogens is 1. The molecule has 0 saturated heterocycles. The number of ether oxygens (including phenoxy) is 2. The first-order valence-corrected chi connectivity index (χ1v) is 10.1. The van der Waals surface area contributed by atoms with Gasteiger partial charge >= 0.3 is 0 Å². The smallest absolute Gasteiger partial charge is 0.254 e. The summed E-state index contributed by atoms with van der Waals surface area (Å²) in [5.41, 5.74) is 4.20. The number of nitrogens with one attached hydrogen (secondary N) is 1. The van der Waals surface area contributed by atoms with E-state index < -0.39 is 6.04 Å². The van der Waals surface area contributed by atoms with Crippen molar-refractivity contribution in [2.45, 2.75) is 32.7 Å². The van der Waals surface area contributed by atoms with Crippen LogP contribution in [0.2, 0.25) is 0 Å². The number of aromatic nitrogens is 1. The molecule has 30 heavy (non-hydrogen) atoms. The molecular formula is C24H26N2O4. The van der Waals surface area contributed by atoms with Crippen molar-refractivity contribution in [2.24, 2.45) is 0 Å². The zero-order valence-electron chi connectivity index (χ0n) is 17.7. The van der Waals surface area contributed by atoms with Crippen LogP contribution >= 0.6 is 0 Å². The SMILES string of the molecule is CCC(=O)N1CCc2cc(OC)c(OC)cc2[C@H]1c1cc2ccc(C)cc2[nH]c1=O. The number of nitrogens with zero attached hydrogens (tertiary/aromatic N) is 1. The van der Waals surface area contributed by atoms with Crippen LogP contribution in [-0.4, -0.2) is 36.6 Å². The maximum Gasteiger partial charge on any atom is 0.254 e. The first-order chi connectivity index (χ1) is 14.5. The van der Waals surface area contributed by atoms with Gasteiger partial charge in [0.1, 0.15) is 0 Å². The molecule has 1 aromatic heterocycles. The van der Waals surface area contributed by atoms with Crippen LogP contribution in [0.25, 0.3) is 10.9 Å². The molecule has 1 N–H and O–H groups in total. The van der Waals surface area contributed by atoms with Gasteiger partial charge in [-0.1, -0.05) is 19.1 Å². The van der Waals surface area contributed by atoms with Crippen molar-refractivity contribution < 1.29 is 14.3 Å².